The number of esters is 1. The van der Waals surface area contributed by atoms with Crippen molar-refractivity contribution in [2.24, 2.45) is 0 Å². The predicted molar refractivity (Wildman–Crippen MR) is 131 cm³/mol. The quantitative estimate of drug-likeness (QED) is 0.165. The summed E-state index contributed by atoms with van der Waals surface area (Å²) in [5, 5.41) is 10.8. The Labute approximate surface area is 223 Å². The van der Waals surface area contributed by atoms with Crippen LogP contribution in [0.1, 0.15) is 27.9 Å². The molecule has 4 aromatic rings. The number of hydrogen-bond donors (Lipinski definition) is 1. The van der Waals surface area contributed by atoms with Gasteiger partial charge in [0.25, 0.3) is 5.60 Å². The smallest absolute Gasteiger partial charge is 0.426 e. The maximum absolute atomic E-state index is 12.9. The molecule has 0 aromatic heterocycles. The van der Waals surface area contributed by atoms with Gasteiger partial charge in [-0.1, -0.05) is 60.7 Å². The second kappa shape index (κ2) is 10.4. The number of benzene rings is 4. The van der Waals surface area contributed by atoms with Gasteiger partial charge in [0.05, 0.1) is 17.1 Å². The first kappa shape index (κ1) is 29.3. The number of halogens is 6. The van der Waals surface area contributed by atoms with E-state index in [2.05, 4.69) is 0 Å². The molecule has 0 atom stereocenters. The Morgan fingerprint density at radius 1 is 0.750 bits per heavy atom. The fourth-order valence-electron chi connectivity index (χ4n) is 4.43. The normalized spacial score (nSPS) is 13.1. The molecule has 0 aliphatic carbocycles. The zero-order valence-corrected chi connectivity index (χ0v) is 21.0. The fourth-order valence-corrected chi connectivity index (χ4v) is 5.12. The van der Waals surface area contributed by atoms with Crippen LogP contribution in [0, 0.1) is 0 Å². The van der Waals surface area contributed by atoms with Crippen molar-refractivity contribution < 1.29 is 54.0 Å². The van der Waals surface area contributed by atoms with E-state index in [1.807, 2.05) is 0 Å². The third-order valence-corrected chi connectivity index (χ3v) is 7.39. The van der Waals surface area contributed by atoms with Crippen LogP contribution >= 0.6 is 0 Å². The van der Waals surface area contributed by atoms with Crippen LogP contribution in [-0.2, 0) is 21.3 Å². The molecular formula is C27H19F6O6S-. The van der Waals surface area contributed by atoms with E-state index in [1.54, 1.807) is 36.4 Å². The van der Waals surface area contributed by atoms with E-state index < -0.39 is 47.1 Å². The van der Waals surface area contributed by atoms with Gasteiger partial charge in [-0.2, -0.15) is 26.3 Å². The Morgan fingerprint density at radius 2 is 1.27 bits per heavy atom. The third kappa shape index (κ3) is 5.49. The molecule has 6 nitrogen and oxygen atoms in total. The average molecular weight is 585 g/mol. The molecule has 0 aliphatic rings. The SMILES string of the molecule is O=C(OCCC(O)(C(F)(F)F)C(F)(F)F)c1ccc(Cc2cccc3c(S(=O)(=O)[O-])cccc23)c2ccccc12. The Kier molecular flexibility index (Phi) is 7.60. The van der Waals surface area contributed by atoms with Crippen LogP contribution in [0.25, 0.3) is 21.5 Å². The molecule has 0 amide bonds. The molecule has 4 aromatic carbocycles. The second-order valence-electron chi connectivity index (χ2n) is 8.96. The van der Waals surface area contributed by atoms with Crippen molar-refractivity contribution in [3.05, 3.63) is 89.5 Å². The summed E-state index contributed by atoms with van der Waals surface area (Å²) in [6.07, 6.45) is -13.8. The first-order valence-electron chi connectivity index (χ1n) is 11.5. The summed E-state index contributed by atoms with van der Waals surface area (Å²) in [6.45, 7) is -1.36. The van der Waals surface area contributed by atoms with Crippen LogP contribution in [0.2, 0.25) is 0 Å². The molecule has 0 fully saturated rings. The minimum atomic E-state index is -6.04. The minimum Gasteiger partial charge on any atom is -0.744 e. The maximum Gasteiger partial charge on any atom is 0.426 e. The Bertz CT molecular complexity index is 1680. The summed E-state index contributed by atoms with van der Waals surface area (Å²) < 4.78 is 117. The van der Waals surface area contributed by atoms with Gasteiger partial charge >= 0.3 is 18.3 Å². The van der Waals surface area contributed by atoms with Crippen molar-refractivity contribution in [3.63, 3.8) is 0 Å². The molecule has 40 heavy (non-hydrogen) atoms. The number of hydrogen-bond acceptors (Lipinski definition) is 6. The molecule has 1 N–H and O–H groups in total. The van der Waals surface area contributed by atoms with Gasteiger partial charge in [-0.15, -0.1) is 0 Å². The molecule has 0 aliphatic heterocycles. The van der Waals surface area contributed by atoms with E-state index >= 15 is 0 Å². The first-order valence-corrected chi connectivity index (χ1v) is 13.0. The van der Waals surface area contributed by atoms with Crippen LogP contribution in [0.3, 0.4) is 0 Å². The van der Waals surface area contributed by atoms with Gasteiger partial charge in [0.2, 0.25) is 0 Å². The Morgan fingerprint density at radius 3 is 1.90 bits per heavy atom. The number of alkyl halides is 6. The Hall–Kier alpha value is -3.68. The lowest BCUT2D eigenvalue weighted by molar-refractivity contribution is -0.371. The lowest BCUT2D eigenvalue weighted by Gasteiger charge is -2.32. The zero-order valence-electron chi connectivity index (χ0n) is 20.2. The number of aliphatic hydroxyl groups is 1. The maximum atomic E-state index is 12.9. The van der Waals surface area contributed by atoms with Crippen molar-refractivity contribution in [3.8, 4) is 0 Å². The van der Waals surface area contributed by atoms with Gasteiger partial charge in [-0.05, 0) is 51.2 Å². The first-order chi connectivity index (χ1) is 18.5. The molecular weight excluding hydrogens is 566 g/mol. The van der Waals surface area contributed by atoms with Crippen molar-refractivity contribution >= 4 is 37.6 Å². The van der Waals surface area contributed by atoms with Crippen LogP contribution in [-0.4, -0.2) is 48.6 Å². The van der Waals surface area contributed by atoms with Crippen molar-refractivity contribution in [1.82, 2.24) is 0 Å². The standard InChI is InChI=1S/C27H20F6O6S/c28-26(29,30)25(35,27(31,32)33)13-14-39-24(34)22-12-11-17(18-6-1-2-7-20(18)22)15-16-5-3-9-21-19(16)8-4-10-23(21)40(36,37)38/h1-12,35H,13-15H2,(H,36,37,38)/p-1. The molecule has 0 unspecified atom stereocenters. The van der Waals surface area contributed by atoms with Crippen LogP contribution in [0.5, 0.6) is 0 Å². The van der Waals surface area contributed by atoms with E-state index in [-0.39, 0.29) is 22.3 Å². The van der Waals surface area contributed by atoms with Gasteiger partial charge in [-0.3, -0.25) is 0 Å². The highest BCUT2D eigenvalue weighted by Crippen LogP contribution is 2.45. The third-order valence-electron chi connectivity index (χ3n) is 6.49. The molecule has 4 rings (SSSR count). The molecule has 212 valence electrons. The number of carbonyl (C=O) groups excluding carboxylic acids is 1. The summed E-state index contributed by atoms with van der Waals surface area (Å²) in [4.78, 5) is 12.3. The van der Waals surface area contributed by atoms with E-state index in [0.717, 1.165) is 0 Å². The van der Waals surface area contributed by atoms with E-state index in [9.17, 15) is 49.2 Å². The number of ether oxygens (including phenoxy) is 1. The topological polar surface area (TPSA) is 104 Å². The van der Waals surface area contributed by atoms with E-state index in [4.69, 9.17) is 4.74 Å². The summed E-state index contributed by atoms with van der Waals surface area (Å²) >= 11 is 0. The number of rotatable bonds is 7. The lowest BCUT2D eigenvalue weighted by Crippen LogP contribution is -2.57. The molecule has 0 bridgehead atoms. The number of fused-ring (bicyclic) bond motifs is 2. The van der Waals surface area contributed by atoms with E-state index in [1.165, 1.54) is 36.4 Å². The molecule has 0 heterocycles. The molecule has 0 saturated carbocycles. The van der Waals surface area contributed by atoms with Crippen LogP contribution in [0.4, 0.5) is 26.3 Å². The highest BCUT2D eigenvalue weighted by atomic mass is 32.2. The van der Waals surface area contributed by atoms with Gasteiger partial charge in [-0.25, -0.2) is 13.2 Å². The van der Waals surface area contributed by atoms with Gasteiger partial charge < -0.3 is 14.4 Å². The summed E-state index contributed by atoms with van der Waals surface area (Å²) in [6, 6.07) is 18.3. The van der Waals surface area contributed by atoms with Gasteiger partial charge in [0.1, 0.15) is 10.1 Å². The van der Waals surface area contributed by atoms with E-state index in [0.29, 0.717) is 27.3 Å². The molecule has 0 saturated heterocycles. The largest absolute Gasteiger partial charge is 0.744 e. The minimum absolute atomic E-state index is 0.125. The number of carbonyl (C=O) groups is 1. The second-order valence-corrected chi connectivity index (χ2v) is 10.3. The molecule has 13 heteroatoms. The summed E-state index contributed by atoms with van der Waals surface area (Å²) in [7, 11) is -4.74. The van der Waals surface area contributed by atoms with Gasteiger partial charge in [0, 0.05) is 6.42 Å². The monoisotopic (exact) mass is 585 g/mol. The molecule has 0 spiro atoms. The van der Waals surface area contributed by atoms with Crippen molar-refractivity contribution in [2.45, 2.75) is 35.7 Å². The highest BCUT2D eigenvalue weighted by molar-refractivity contribution is 7.86. The fraction of sp³-hybridized carbons (Fsp3) is 0.222. The predicted octanol–water partition coefficient (Wildman–Crippen LogP) is 5.89. The van der Waals surface area contributed by atoms with Crippen LogP contribution in [0.15, 0.2) is 77.7 Å². The average Bonchev–Trinajstić information content (AvgIpc) is 2.86. The summed E-state index contributed by atoms with van der Waals surface area (Å²) in [5.41, 5.74) is -3.86. The molecule has 0 radical (unpaired) electrons. The van der Waals surface area contributed by atoms with Crippen molar-refractivity contribution in [2.75, 3.05) is 6.61 Å². The zero-order chi connectivity index (χ0) is 29.5. The highest BCUT2D eigenvalue weighted by Gasteiger charge is 2.70. The lowest BCUT2D eigenvalue weighted by atomic mass is 9.93. The Balaban J connectivity index is 1.64. The van der Waals surface area contributed by atoms with Crippen molar-refractivity contribution in [1.29, 1.82) is 0 Å². The van der Waals surface area contributed by atoms with Crippen LogP contribution < -0.4 is 0 Å². The van der Waals surface area contributed by atoms with Gasteiger partial charge in [0.15, 0.2) is 0 Å². The summed E-state index contributed by atoms with van der Waals surface area (Å²) in [5.74, 6) is -1.19.